The summed E-state index contributed by atoms with van der Waals surface area (Å²) in [6.07, 6.45) is 7.62. The van der Waals surface area contributed by atoms with Crippen molar-refractivity contribution in [2.45, 2.75) is 12.8 Å². The van der Waals surface area contributed by atoms with Gasteiger partial charge in [0.2, 0.25) is 0 Å². The van der Waals surface area contributed by atoms with Crippen LogP contribution in [0.5, 0.6) is 0 Å². The fourth-order valence-corrected chi connectivity index (χ4v) is 2.04. The molecule has 0 aliphatic heterocycles. The zero-order chi connectivity index (χ0) is 13.5. The summed E-state index contributed by atoms with van der Waals surface area (Å²) in [6.45, 7) is 0. The van der Waals surface area contributed by atoms with E-state index in [1.165, 1.54) is 5.56 Å². The first kappa shape index (κ1) is 13.8. The molecule has 0 spiro atoms. The Morgan fingerprint density at radius 2 is 1.95 bits per heavy atom. The van der Waals surface area contributed by atoms with Crippen molar-refractivity contribution in [2.24, 2.45) is 0 Å². The number of halogens is 1. The molecule has 1 aromatic heterocycles. The maximum atomic E-state index is 4.87. The summed E-state index contributed by atoms with van der Waals surface area (Å²) in [5.74, 6) is 0. The van der Waals surface area contributed by atoms with Crippen LogP contribution in [0.25, 0.3) is 11.3 Å². The quantitative estimate of drug-likeness (QED) is 0.752. The smallest absolute Gasteiger partial charge is 0.0784 e. The minimum absolute atomic E-state index is 0.965. The van der Waals surface area contributed by atoms with Gasteiger partial charge in [0.25, 0.3) is 0 Å². The molecule has 0 atom stereocenters. The Bertz CT molecular complexity index is 532. The lowest BCUT2D eigenvalue weighted by Crippen LogP contribution is -1.88. The van der Waals surface area contributed by atoms with E-state index in [4.69, 9.17) is 4.74 Å². The van der Waals surface area contributed by atoms with Crippen LogP contribution in [0, 0.1) is 0 Å². The largest absolute Gasteiger partial charge is 0.505 e. The molecule has 0 saturated heterocycles. The first-order valence-electron chi connectivity index (χ1n) is 6.18. The van der Waals surface area contributed by atoms with E-state index in [9.17, 15) is 0 Å². The maximum absolute atomic E-state index is 4.87. The molecular weight excluding hydrogens is 302 g/mol. The molecule has 19 heavy (non-hydrogen) atoms. The van der Waals surface area contributed by atoms with Crippen molar-refractivity contribution in [1.29, 1.82) is 0 Å². The number of nitrogens with zero attached hydrogens (tertiary/aromatic N) is 1. The van der Waals surface area contributed by atoms with Crippen molar-refractivity contribution in [3.05, 3.63) is 65.0 Å². The molecule has 2 aromatic rings. The van der Waals surface area contributed by atoms with Gasteiger partial charge in [-0.05, 0) is 42.7 Å². The highest BCUT2D eigenvalue weighted by Gasteiger charge is 1.99. The first-order chi connectivity index (χ1) is 9.29. The summed E-state index contributed by atoms with van der Waals surface area (Å²) in [6, 6.07) is 12.4. The molecule has 0 bridgehead atoms. The second-order valence-corrected chi connectivity index (χ2v) is 5.12. The highest BCUT2D eigenvalue weighted by atomic mass is 79.9. The molecular formula is C16H16BrNO. The minimum Gasteiger partial charge on any atom is -0.505 e. The molecule has 2 rings (SSSR count). The standard InChI is InChI=1S/C16H16BrNO/c1-19-11-3-2-4-13-5-10-16(18-12-13)14-6-8-15(17)9-7-14/h3,5-12H,2,4H2,1H3. The third kappa shape index (κ3) is 4.21. The van der Waals surface area contributed by atoms with E-state index in [0.717, 1.165) is 28.6 Å². The number of allylic oxidation sites excluding steroid dienone is 1. The van der Waals surface area contributed by atoms with Gasteiger partial charge in [0.1, 0.15) is 0 Å². The molecule has 0 aliphatic carbocycles. The molecule has 0 saturated carbocycles. The van der Waals surface area contributed by atoms with Crippen LogP contribution in [0.2, 0.25) is 0 Å². The number of ether oxygens (including phenoxy) is 1. The lowest BCUT2D eigenvalue weighted by atomic mass is 10.1. The Morgan fingerprint density at radius 3 is 2.58 bits per heavy atom. The van der Waals surface area contributed by atoms with Gasteiger partial charge in [-0.25, -0.2) is 0 Å². The van der Waals surface area contributed by atoms with Crippen molar-refractivity contribution in [3.8, 4) is 11.3 Å². The monoisotopic (exact) mass is 317 g/mol. The molecule has 1 heterocycles. The lowest BCUT2D eigenvalue weighted by Gasteiger charge is -2.03. The van der Waals surface area contributed by atoms with Crippen molar-refractivity contribution < 1.29 is 4.74 Å². The summed E-state index contributed by atoms with van der Waals surface area (Å²) < 4.78 is 5.95. The summed E-state index contributed by atoms with van der Waals surface area (Å²) in [5, 5.41) is 0. The Kier molecular flexibility index (Phi) is 5.16. The third-order valence-corrected chi connectivity index (χ3v) is 3.33. The van der Waals surface area contributed by atoms with Crippen LogP contribution in [-0.2, 0) is 11.2 Å². The number of pyridine rings is 1. The number of hydrogen-bond acceptors (Lipinski definition) is 2. The van der Waals surface area contributed by atoms with Crippen LogP contribution in [-0.4, -0.2) is 12.1 Å². The number of benzene rings is 1. The Hall–Kier alpha value is -1.61. The predicted molar refractivity (Wildman–Crippen MR) is 81.8 cm³/mol. The zero-order valence-electron chi connectivity index (χ0n) is 10.8. The molecule has 98 valence electrons. The SMILES string of the molecule is COC=CCCc1ccc(-c2ccc(Br)cc2)nc1. The highest BCUT2D eigenvalue weighted by molar-refractivity contribution is 9.10. The van der Waals surface area contributed by atoms with Crippen molar-refractivity contribution in [3.63, 3.8) is 0 Å². The number of aromatic nitrogens is 1. The Morgan fingerprint density at radius 1 is 1.16 bits per heavy atom. The van der Waals surface area contributed by atoms with E-state index in [2.05, 4.69) is 45.2 Å². The second-order valence-electron chi connectivity index (χ2n) is 4.20. The van der Waals surface area contributed by atoms with Crippen LogP contribution < -0.4 is 0 Å². The highest BCUT2D eigenvalue weighted by Crippen LogP contribution is 2.20. The molecule has 0 aliphatic rings. The molecule has 1 aromatic carbocycles. The molecule has 0 N–H and O–H groups in total. The van der Waals surface area contributed by atoms with Gasteiger partial charge in [-0.15, -0.1) is 0 Å². The fraction of sp³-hybridized carbons (Fsp3) is 0.188. The summed E-state index contributed by atoms with van der Waals surface area (Å²) in [4.78, 5) is 4.51. The number of aryl methyl sites for hydroxylation is 1. The van der Waals surface area contributed by atoms with Gasteiger partial charge in [0, 0.05) is 16.2 Å². The summed E-state index contributed by atoms with van der Waals surface area (Å²) >= 11 is 3.43. The van der Waals surface area contributed by atoms with Crippen molar-refractivity contribution in [2.75, 3.05) is 7.11 Å². The predicted octanol–water partition coefficient (Wildman–Crippen LogP) is 4.60. The average molecular weight is 318 g/mol. The van der Waals surface area contributed by atoms with E-state index in [0.29, 0.717) is 0 Å². The second kappa shape index (κ2) is 7.10. The molecule has 0 amide bonds. The van der Waals surface area contributed by atoms with Crippen LogP contribution in [0.1, 0.15) is 12.0 Å². The summed E-state index contributed by atoms with van der Waals surface area (Å²) in [7, 11) is 1.66. The van der Waals surface area contributed by atoms with E-state index in [-0.39, 0.29) is 0 Å². The van der Waals surface area contributed by atoms with E-state index in [1.54, 1.807) is 13.4 Å². The van der Waals surface area contributed by atoms with Gasteiger partial charge in [-0.2, -0.15) is 0 Å². The van der Waals surface area contributed by atoms with E-state index >= 15 is 0 Å². The summed E-state index contributed by atoms with van der Waals surface area (Å²) in [5.41, 5.74) is 3.37. The Labute approximate surface area is 122 Å². The van der Waals surface area contributed by atoms with Crippen LogP contribution in [0.4, 0.5) is 0 Å². The van der Waals surface area contributed by atoms with Gasteiger partial charge < -0.3 is 4.74 Å². The van der Waals surface area contributed by atoms with Gasteiger partial charge in [0.15, 0.2) is 0 Å². The van der Waals surface area contributed by atoms with Crippen LogP contribution >= 0.6 is 15.9 Å². The van der Waals surface area contributed by atoms with Crippen molar-refractivity contribution >= 4 is 15.9 Å². The van der Waals surface area contributed by atoms with Gasteiger partial charge in [0.05, 0.1) is 19.1 Å². The van der Waals surface area contributed by atoms with Crippen molar-refractivity contribution in [1.82, 2.24) is 4.98 Å². The fourth-order valence-electron chi connectivity index (χ4n) is 1.78. The molecule has 3 heteroatoms. The Balaban J connectivity index is 2.02. The molecule has 2 nitrogen and oxygen atoms in total. The van der Waals surface area contributed by atoms with E-state index < -0.39 is 0 Å². The van der Waals surface area contributed by atoms with Crippen LogP contribution in [0.3, 0.4) is 0 Å². The molecule has 0 radical (unpaired) electrons. The first-order valence-corrected chi connectivity index (χ1v) is 6.97. The molecule has 0 unspecified atom stereocenters. The zero-order valence-corrected chi connectivity index (χ0v) is 12.4. The average Bonchev–Trinajstić information content (AvgIpc) is 2.45. The topological polar surface area (TPSA) is 22.1 Å². The van der Waals surface area contributed by atoms with Gasteiger partial charge >= 0.3 is 0 Å². The van der Waals surface area contributed by atoms with Crippen LogP contribution in [0.15, 0.2) is 59.4 Å². The number of methoxy groups -OCH3 is 1. The van der Waals surface area contributed by atoms with Gasteiger partial charge in [-0.1, -0.05) is 34.1 Å². The normalized spacial score (nSPS) is 10.8. The van der Waals surface area contributed by atoms with Gasteiger partial charge in [-0.3, -0.25) is 4.98 Å². The molecule has 0 fully saturated rings. The van der Waals surface area contributed by atoms with E-state index in [1.807, 2.05) is 24.4 Å². The maximum Gasteiger partial charge on any atom is 0.0784 e. The lowest BCUT2D eigenvalue weighted by molar-refractivity contribution is 0.336. The number of rotatable bonds is 5. The third-order valence-electron chi connectivity index (χ3n) is 2.80. The minimum atomic E-state index is 0.965. The number of hydrogen-bond donors (Lipinski definition) is 0.